The molecule has 0 rings (SSSR count). The number of carbonyl (C=O) groups is 1. The molecule has 94 valence electrons. The molecule has 0 aromatic rings. The number of methoxy groups -OCH3 is 1. The summed E-state index contributed by atoms with van der Waals surface area (Å²) < 4.78 is 4.80. The molecule has 0 aliphatic heterocycles. The van der Waals surface area contributed by atoms with Gasteiger partial charge in [0.2, 0.25) is 0 Å². The molecule has 0 aromatic carbocycles. The number of hydrogen-bond acceptors (Lipinski definition) is 2. The zero-order chi connectivity index (χ0) is 12.8. The molecular weight excluding hydrogens is 268 g/mol. The fourth-order valence-electron chi connectivity index (χ4n) is 1.79. The first-order chi connectivity index (χ1) is 7.28. The van der Waals surface area contributed by atoms with Crippen molar-refractivity contribution in [2.45, 2.75) is 51.3 Å². The first-order valence-electron chi connectivity index (χ1n) is 5.72. The maximum absolute atomic E-state index is 11.1. The van der Waals surface area contributed by atoms with E-state index in [9.17, 15) is 4.79 Å². The third-order valence-corrected chi connectivity index (χ3v) is 3.18. The van der Waals surface area contributed by atoms with Gasteiger partial charge in [-0.05, 0) is 39.0 Å². The van der Waals surface area contributed by atoms with Crippen LogP contribution in [0.4, 0.5) is 0 Å². The fourth-order valence-corrected chi connectivity index (χ4v) is 2.66. The number of hydrogen-bond donors (Lipinski definition) is 0. The second kappa shape index (κ2) is 7.10. The number of esters is 1. The van der Waals surface area contributed by atoms with Gasteiger partial charge >= 0.3 is 5.97 Å². The van der Waals surface area contributed by atoms with Gasteiger partial charge in [-0.3, -0.25) is 0 Å². The van der Waals surface area contributed by atoms with Crippen LogP contribution in [0.25, 0.3) is 0 Å². The lowest BCUT2D eigenvalue weighted by Crippen LogP contribution is -2.18. The van der Waals surface area contributed by atoms with E-state index in [0.717, 1.165) is 19.3 Å². The van der Waals surface area contributed by atoms with Crippen LogP contribution in [0.2, 0.25) is 0 Å². The molecule has 0 saturated heterocycles. The molecule has 0 aliphatic carbocycles. The zero-order valence-electron chi connectivity index (χ0n) is 11.0. The Balaban J connectivity index is 4.10. The van der Waals surface area contributed by atoms with Gasteiger partial charge in [0.15, 0.2) is 0 Å². The Hall–Kier alpha value is -0.310. The summed E-state index contributed by atoms with van der Waals surface area (Å²) in [7, 11) is 1.41. The number of allylic oxidation sites excluding steroid dienone is 1. The standard InChI is InChI=1S/C13H23BrO2/c1-10(2)9-13(4,14)8-6-7-11(3)12(15)16-5/h7,10H,6,8-9H2,1-5H3/b11-7+. The van der Waals surface area contributed by atoms with Gasteiger partial charge in [0, 0.05) is 9.90 Å². The van der Waals surface area contributed by atoms with Crippen molar-refractivity contribution < 1.29 is 9.53 Å². The van der Waals surface area contributed by atoms with Gasteiger partial charge < -0.3 is 4.74 Å². The van der Waals surface area contributed by atoms with E-state index in [4.69, 9.17) is 0 Å². The van der Waals surface area contributed by atoms with Crippen LogP contribution in [0.5, 0.6) is 0 Å². The molecule has 0 saturated carbocycles. The van der Waals surface area contributed by atoms with Gasteiger partial charge in [0.1, 0.15) is 0 Å². The van der Waals surface area contributed by atoms with Gasteiger partial charge in [-0.2, -0.15) is 0 Å². The largest absolute Gasteiger partial charge is 0.466 e. The Bertz CT molecular complexity index is 255. The molecule has 3 heteroatoms. The molecule has 1 atom stereocenters. The van der Waals surface area contributed by atoms with Crippen molar-refractivity contribution in [1.82, 2.24) is 0 Å². The van der Waals surface area contributed by atoms with Crippen molar-refractivity contribution in [2.24, 2.45) is 5.92 Å². The van der Waals surface area contributed by atoms with E-state index in [1.807, 2.05) is 6.08 Å². The van der Waals surface area contributed by atoms with Crippen LogP contribution in [0, 0.1) is 5.92 Å². The van der Waals surface area contributed by atoms with E-state index in [2.05, 4.69) is 41.4 Å². The zero-order valence-corrected chi connectivity index (χ0v) is 12.6. The summed E-state index contributed by atoms with van der Waals surface area (Å²) in [5.74, 6) is 0.440. The van der Waals surface area contributed by atoms with Crippen LogP contribution in [-0.2, 0) is 9.53 Å². The first kappa shape index (κ1) is 15.7. The van der Waals surface area contributed by atoms with Gasteiger partial charge in [0.25, 0.3) is 0 Å². The Labute approximate surface area is 108 Å². The lowest BCUT2D eigenvalue weighted by Gasteiger charge is -2.23. The lowest BCUT2D eigenvalue weighted by molar-refractivity contribution is -0.136. The Kier molecular flexibility index (Phi) is 6.96. The van der Waals surface area contributed by atoms with Crippen LogP contribution < -0.4 is 0 Å². The summed E-state index contributed by atoms with van der Waals surface area (Å²) in [6.07, 6.45) is 5.01. The Morgan fingerprint density at radius 3 is 2.50 bits per heavy atom. The quantitative estimate of drug-likeness (QED) is 0.418. The van der Waals surface area contributed by atoms with Crippen molar-refractivity contribution in [2.75, 3.05) is 7.11 Å². The molecule has 2 nitrogen and oxygen atoms in total. The number of ether oxygens (including phenoxy) is 1. The van der Waals surface area contributed by atoms with E-state index in [1.54, 1.807) is 6.92 Å². The molecule has 0 aliphatic rings. The van der Waals surface area contributed by atoms with Crippen LogP contribution in [0.3, 0.4) is 0 Å². The number of halogens is 1. The highest BCUT2D eigenvalue weighted by Gasteiger charge is 2.20. The molecule has 0 heterocycles. The smallest absolute Gasteiger partial charge is 0.333 e. The van der Waals surface area contributed by atoms with E-state index in [0.29, 0.717) is 11.5 Å². The maximum Gasteiger partial charge on any atom is 0.333 e. The topological polar surface area (TPSA) is 26.3 Å². The molecule has 0 amide bonds. The minimum absolute atomic E-state index is 0.161. The summed E-state index contributed by atoms with van der Waals surface area (Å²) in [5.41, 5.74) is 0.690. The van der Waals surface area contributed by atoms with Gasteiger partial charge in [-0.1, -0.05) is 35.9 Å². The lowest BCUT2D eigenvalue weighted by atomic mass is 9.94. The van der Waals surface area contributed by atoms with E-state index in [-0.39, 0.29) is 10.3 Å². The molecule has 0 fully saturated rings. The molecule has 0 bridgehead atoms. The summed E-state index contributed by atoms with van der Waals surface area (Å²) in [6, 6.07) is 0. The highest BCUT2D eigenvalue weighted by Crippen LogP contribution is 2.31. The highest BCUT2D eigenvalue weighted by atomic mass is 79.9. The molecule has 0 radical (unpaired) electrons. The second-order valence-corrected chi connectivity index (χ2v) is 6.84. The average Bonchev–Trinajstić information content (AvgIpc) is 2.13. The summed E-state index contributed by atoms with van der Waals surface area (Å²) in [5, 5.41) is 0. The second-order valence-electron chi connectivity index (χ2n) is 4.93. The number of rotatable bonds is 6. The number of carbonyl (C=O) groups excluding carboxylic acids is 1. The third kappa shape index (κ3) is 7.04. The van der Waals surface area contributed by atoms with E-state index in [1.165, 1.54) is 7.11 Å². The molecule has 0 aromatic heterocycles. The van der Waals surface area contributed by atoms with Crippen molar-refractivity contribution >= 4 is 21.9 Å². The van der Waals surface area contributed by atoms with Crippen molar-refractivity contribution in [3.63, 3.8) is 0 Å². The van der Waals surface area contributed by atoms with Crippen molar-refractivity contribution in [1.29, 1.82) is 0 Å². The number of alkyl halides is 1. The first-order valence-corrected chi connectivity index (χ1v) is 6.52. The van der Waals surface area contributed by atoms with Gasteiger partial charge in [-0.15, -0.1) is 0 Å². The predicted molar refractivity (Wildman–Crippen MR) is 71.8 cm³/mol. The summed E-state index contributed by atoms with van der Waals surface area (Å²) >= 11 is 3.74. The van der Waals surface area contributed by atoms with Crippen LogP contribution in [-0.4, -0.2) is 17.4 Å². The maximum atomic E-state index is 11.1. The van der Waals surface area contributed by atoms with E-state index >= 15 is 0 Å². The third-order valence-electron chi connectivity index (χ3n) is 2.46. The van der Waals surface area contributed by atoms with Crippen molar-refractivity contribution in [3.8, 4) is 0 Å². The fraction of sp³-hybridized carbons (Fsp3) is 0.769. The van der Waals surface area contributed by atoms with Gasteiger partial charge in [-0.25, -0.2) is 4.79 Å². The summed E-state index contributed by atoms with van der Waals surface area (Å²) in [6.45, 7) is 8.43. The monoisotopic (exact) mass is 290 g/mol. The molecular formula is C13H23BrO2. The van der Waals surface area contributed by atoms with Crippen LogP contribution in [0.1, 0.15) is 47.0 Å². The predicted octanol–water partition coefficient (Wildman–Crippen LogP) is 4.09. The minimum atomic E-state index is -0.236. The normalized spacial score (nSPS) is 16.1. The van der Waals surface area contributed by atoms with Crippen LogP contribution in [0.15, 0.2) is 11.6 Å². The van der Waals surface area contributed by atoms with Crippen molar-refractivity contribution in [3.05, 3.63) is 11.6 Å². The molecule has 16 heavy (non-hydrogen) atoms. The Morgan fingerprint density at radius 1 is 1.50 bits per heavy atom. The minimum Gasteiger partial charge on any atom is -0.466 e. The molecule has 1 unspecified atom stereocenters. The SMILES string of the molecule is COC(=O)/C(C)=C/CCC(C)(Br)CC(C)C. The summed E-state index contributed by atoms with van der Waals surface area (Å²) in [4.78, 5) is 11.1. The molecule has 0 spiro atoms. The van der Waals surface area contributed by atoms with Crippen LogP contribution >= 0.6 is 15.9 Å². The molecule has 0 N–H and O–H groups in total. The van der Waals surface area contributed by atoms with Gasteiger partial charge in [0.05, 0.1) is 7.11 Å². The van der Waals surface area contributed by atoms with E-state index < -0.39 is 0 Å². The Morgan fingerprint density at radius 2 is 2.06 bits per heavy atom. The average molecular weight is 291 g/mol. The highest BCUT2D eigenvalue weighted by molar-refractivity contribution is 9.10.